The Morgan fingerprint density at radius 3 is 2.84 bits per heavy atom. The molecule has 1 heterocycles. The van der Waals surface area contributed by atoms with Gasteiger partial charge in [-0.05, 0) is 31.2 Å². The normalized spacial score (nSPS) is 15.9. The minimum atomic E-state index is -0.0895. The Morgan fingerprint density at radius 1 is 1.47 bits per heavy atom. The van der Waals surface area contributed by atoms with Gasteiger partial charge in [0.15, 0.2) is 5.76 Å². The van der Waals surface area contributed by atoms with Gasteiger partial charge in [-0.25, -0.2) is 0 Å². The van der Waals surface area contributed by atoms with E-state index in [4.69, 9.17) is 9.52 Å². The van der Waals surface area contributed by atoms with Gasteiger partial charge in [-0.2, -0.15) is 11.8 Å². The molecule has 5 heteroatoms. The van der Waals surface area contributed by atoms with Crippen molar-refractivity contribution in [3.63, 3.8) is 0 Å². The van der Waals surface area contributed by atoms with Crippen LogP contribution in [0.3, 0.4) is 0 Å². The summed E-state index contributed by atoms with van der Waals surface area (Å²) in [5, 5.41) is 9.15. The molecule has 0 radical (unpaired) electrons. The largest absolute Gasteiger partial charge is 0.455 e. The van der Waals surface area contributed by atoms with Crippen molar-refractivity contribution in [1.82, 2.24) is 4.90 Å². The molecule has 1 aromatic heterocycles. The number of aliphatic hydroxyl groups excluding tert-OH is 1. The summed E-state index contributed by atoms with van der Waals surface area (Å²) in [5.41, 5.74) is 0. The number of amides is 1. The molecule has 0 unspecified atom stereocenters. The van der Waals surface area contributed by atoms with E-state index in [2.05, 4.69) is 0 Å². The van der Waals surface area contributed by atoms with Gasteiger partial charge in [-0.15, -0.1) is 0 Å². The molecule has 1 N–H and O–H groups in total. The van der Waals surface area contributed by atoms with Crippen molar-refractivity contribution in [2.45, 2.75) is 37.5 Å². The van der Waals surface area contributed by atoms with Crippen LogP contribution in [0, 0.1) is 0 Å². The van der Waals surface area contributed by atoms with Gasteiger partial charge in [-0.3, -0.25) is 4.79 Å². The Labute approximate surface area is 118 Å². The van der Waals surface area contributed by atoms with Crippen molar-refractivity contribution in [1.29, 1.82) is 0 Å². The van der Waals surface area contributed by atoms with Crippen LogP contribution in [0.2, 0.25) is 0 Å². The molecule has 0 saturated heterocycles. The van der Waals surface area contributed by atoms with E-state index in [1.807, 2.05) is 12.3 Å². The van der Waals surface area contributed by atoms with Gasteiger partial charge in [0.2, 0.25) is 0 Å². The second-order valence-corrected chi connectivity index (χ2v) is 5.73. The Kier molecular flexibility index (Phi) is 5.34. The topological polar surface area (TPSA) is 53.7 Å². The molecule has 0 aromatic carbocycles. The molecular formula is C14H21NO3S. The van der Waals surface area contributed by atoms with Crippen LogP contribution in [0.25, 0.3) is 0 Å². The monoisotopic (exact) mass is 283 g/mol. The van der Waals surface area contributed by atoms with E-state index in [0.717, 1.165) is 37.2 Å². The SMILES string of the molecule is CSCc1ccc(C(=O)N(CCO)C2CCCC2)o1. The van der Waals surface area contributed by atoms with E-state index in [1.165, 1.54) is 0 Å². The summed E-state index contributed by atoms with van der Waals surface area (Å²) < 4.78 is 5.58. The quantitative estimate of drug-likeness (QED) is 0.871. The van der Waals surface area contributed by atoms with Gasteiger partial charge in [0.25, 0.3) is 5.91 Å². The molecule has 1 aliphatic carbocycles. The second-order valence-electron chi connectivity index (χ2n) is 4.86. The predicted molar refractivity (Wildman–Crippen MR) is 76.3 cm³/mol. The summed E-state index contributed by atoms with van der Waals surface area (Å²) in [6.45, 7) is 0.392. The minimum absolute atomic E-state index is 0.000613. The summed E-state index contributed by atoms with van der Waals surface area (Å²) in [6.07, 6.45) is 6.39. The number of hydrogen-bond acceptors (Lipinski definition) is 4. The van der Waals surface area contributed by atoms with Crippen LogP contribution in [-0.2, 0) is 5.75 Å². The van der Waals surface area contributed by atoms with Crippen LogP contribution < -0.4 is 0 Å². The van der Waals surface area contributed by atoms with E-state index in [0.29, 0.717) is 12.3 Å². The molecule has 1 amide bonds. The summed E-state index contributed by atoms with van der Waals surface area (Å²) in [7, 11) is 0. The van der Waals surface area contributed by atoms with Crippen LogP contribution in [0.5, 0.6) is 0 Å². The lowest BCUT2D eigenvalue weighted by Gasteiger charge is -2.27. The van der Waals surface area contributed by atoms with Gasteiger partial charge in [-0.1, -0.05) is 12.8 Å². The van der Waals surface area contributed by atoms with Crippen LogP contribution in [0.4, 0.5) is 0 Å². The average molecular weight is 283 g/mol. The van der Waals surface area contributed by atoms with Gasteiger partial charge >= 0.3 is 0 Å². The number of carbonyl (C=O) groups is 1. The highest BCUT2D eigenvalue weighted by molar-refractivity contribution is 7.97. The number of hydrogen-bond donors (Lipinski definition) is 1. The summed E-state index contributed by atoms with van der Waals surface area (Å²) >= 11 is 1.67. The van der Waals surface area contributed by atoms with E-state index in [-0.39, 0.29) is 18.6 Å². The molecule has 4 nitrogen and oxygen atoms in total. The molecule has 1 aromatic rings. The maximum atomic E-state index is 12.5. The molecule has 1 fully saturated rings. The molecule has 0 bridgehead atoms. The van der Waals surface area contributed by atoms with E-state index in [9.17, 15) is 4.79 Å². The third-order valence-electron chi connectivity index (χ3n) is 3.53. The van der Waals surface area contributed by atoms with Gasteiger partial charge < -0.3 is 14.4 Å². The highest BCUT2D eigenvalue weighted by Gasteiger charge is 2.28. The van der Waals surface area contributed by atoms with Crippen molar-refractivity contribution >= 4 is 17.7 Å². The van der Waals surface area contributed by atoms with Crippen molar-refractivity contribution in [2.75, 3.05) is 19.4 Å². The van der Waals surface area contributed by atoms with Gasteiger partial charge in [0, 0.05) is 12.6 Å². The van der Waals surface area contributed by atoms with Crippen molar-refractivity contribution < 1.29 is 14.3 Å². The Bertz CT molecular complexity index is 413. The second kappa shape index (κ2) is 7.01. The first-order valence-corrected chi connectivity index (χ1v) is 8.15. The lowest BCUT2D eigenvalue weighted by atomic mass is 10.2. The third-order valence-corrected chi connectivity index (χ3v) is 4.10. The summed E-state index contributed by atoms with van der Waals surface area (Å²) in [4.78, 5) is 14.2. The van der Waals surface area contributed by atoms with E-state index < -0.39 is 0 Å². The van der Waals surface area contributed by atoms with Crippen molar-refractivity contribution in [2.24, 2.45) is 0 Å². The number of aliphatic hydroxyl groups is 1. The number of nitrogens with zero attached hydrogens (tertiary/aromatic N) is 1. The van der Waals surface area contributed by atoms with E-state index >= 15 is 0 Å². The van der Waals surface area contributed by atoms with E-state index in [1.54, 1.807) is 22.7 Å². The first-order valence-electron chi connectivity index (χ1n) is 6.75. The maximum Gasteiger partial charge on any atom is 0.289 e. The van der Waals surface area contributed by atoms with Crippen LogP contribution in [-0.4, -0.2) is 41.4 Å². The number of furan rings is 1. The smallest absolute Gasteiger partial charge is 0.289 e. The number of rotatable bonds is 6. The molecule has 0 spiro atoms. The summed E-state index contributed by atoms with van der Waals surface area (Å²) in [5.74, 6) is 1.90. The van der Waals surface area contributed by atoms with Crippen molar-refractivity contribution in [3.05, 3.63) is 23.7 Å². The predicted octanol–water partition coefficient (Wildman–Crippen LogP) is 2.52. The maximum absolute atomic E-state index is 12.5. The zero-order valence-corrected chi connectivity index (χ0v) is 12.1. The fraction of sp³-hybridized carbons (Fsp3) is 0.643. The summed E-state index contributed by atoms with van der Waals surface area (Å²) in [6, 6.07) is 3.86. The molecule has 1 saturated carbocycles. The molecule has 2 rings (SSSR count). The molecule has 0 atom stereocenters. The van der Waals surface area contributed by atoms with Crippen LogP contribution in [0.1, 0.15) is 42.0 Å². The zero-order chi connectivity index (χ0) is 13.7. The highest BCUT2D eigenvalue weighted by Crippen LogP contribution is 2.25. The minimum Gasteiger partial charge on any atom is -0.455 e. The molecule has 0 aliphatic heterocycles. The fourth-order valence-electron chi connectivity index (χ4n) is 2.63. The highest BCUT2D eigenvalue weighted by atomic mass is 32.2. The standard InChI is InChI=1S/C14H21NO3S/c1-19-10-12-6-7-13(18-12)14(17)15(8-9-16)11-4-2-3-5-11/h6-7,11,16H,2-5,8-10H2,1H3. The zero-order valence-electron chi connectivity index (χ0n) is 11.3. The third kappa shape index (κ3) is 3.54. The van der Waals surface area contributed by atoms with Crippen LogP contribution in [0.15, 0.2) is 16.5 Å². The Balaban J connectivity index is 2.08. The average Bonchev–Trinajstić information content (AvgIpc) is 3.06. The van der Waals surface area contributed by atoms with Crippen molar-refractivity contribution in [3.8, 4) is 0 Å². The Hall–Kier alpha value is -0.940. The first-order chi connectivity index (χ1) is 9.26. The molecule has 19 heavy (non-hydrogen) atoms. The fourth-order valence-corrected chi connectivity index (χ4v) is 3.07. The lowest BCUT2D eigenvalue weighted by molar-refractivity contribution is 0.0604. The number of thioether (sulfide) groups is 1. The molecular weight excluding hydrogens is 262 g/mol. The number of carbonyl (C=O) groups excluding carboxylic acids is 1. The molecule has 1 aliphatic rings. The van der Waals surface area contributed by atoms with Gasteiger partial charge in [0.05, 0.1) is 12.4 Å². The Morgan fingerprint density at radius 2 is 2.21 bits per heavy atom. The van der Waals surface area contributed by atoms with Gasteiger partial charge in [0.1, 0.15) is 5.76 Å². The van der Waals surface area contributed by atoms with Crippen LogP contribution >= 0.6 is 11.8 Å². The lowest BCUT2D eigenvalue weighted by Crippen LogP contribution is -2.40. The first kappa shape index (κ1) is 14.5. The molecule has 106 valence electrons.